The van der Waals surface area contributed by atoms with Crippen LogP contribution < -0.4 is 10.6 Å². The fourth-order valence-corrected chi connectivity index (χ4v) is 12.1. The van der Waals surface area contributed by atoms with E-state index >= 15 is 0 Å². The summed E-state index contributed by atoms with van der Waals surface area (Å²) in [4.78, 5) is 0. The molecule has 0 radical (unpaired) electrons. The molecule has 45 heavy (non-hydrogen) atoms. The van der Waals surface area contributed by atoms with Gasteiger partial charge in [-0.25, -0.2) is 12.1 Å². The molecule has 0 bridgehead atoms. The van der Waals surface area contributed by atoms with Crippen molar-refractivity contribution >= 4 is 17.2 Å². The molecule has 6 rings (SSSR count). The van der Waals surface area contributed by atoms with E-state index in [1.807, 2.05) is 30.3 Å². The van der Waals surface area contributed by atoms with Crippen molar-refractivity contribution in [1.29, 1.82) is 0 Å². The van der Waals surface area contributed by atoms with Crippen LogP contribution in [0.15, 0.2) is 97.1 Å². The zero-order valence-corrected chi connectivity index (χ0v) is 31.4. The van der Waals surface area contributed by atoms with Crippen LogP contribution in [0.3, 0.4) is 0 Å². The molecule has 4 aromatic rings. The molecule has 2 aliphatic rings. The average molecular weight is 681 g/mol. The first-order valence-corrected chi connectivity index (χ1v) is 18.8. The molecule has 4 aromatic carbocycles. The summed E-state index contributed by atoms with van der Waals surface area (Å²) < 4.78 is 0. The predicted octanol–water partition coefficient (Wildman–Crippen LogP) is 10.3. The third-order valence-electron chi connectivity index (χ3n) is 9.56. The first-order chi connectivity index (χ1) is 21.0. The zero-order chi connectivity index (χ0) is 31.4. The molecule has 2 N–H and O–H groups in total. The van der Waals surface area contributed by atoms with Gasteiger partial charge >= 0.3 is 17.1 Å². The van der Waals surface area contributed by atoms with E-state index in [1.165, 1.54) is 47.9 Å². The molecular formula is C40H54FeN2P2. The number of hydrogen-bond acceptors (Lipinski definition) is 2. The summed E-state index contributed by atoms with van der Waals surface area (Å²) in [5.74, 6) is 0. The van der Waals surface area contributed by atoms with Gasteiger partial charge in [0.25, 0.3) is 0 Å². The molecule has 5 heteroatoms. The van der Waals surface area contributed by atoms with Gasteiger partial charge in [-0.3, -0.25) is 0 Å². The van der Waals surface area contributed by atoms with E-state index in [9.17, 15) is 0 Å². The van der Waals surface area contributed by atoms with E-state index in [1.54, 1.807) is 11.1 Å². The molecule has 2 nitrogen and oxygen atoms in total. The maximum atomic E-state index is 3.97. The smallest absolute Gasteiger partial charge is 0.313 e. The molecule has 2 saturated heterocycles. The standard InChI is InChI=1S/C35H49N2P2.C5H5.Fe/c1-33(2,3)39(34(4,5)6)24-28-29(35(38,30-19-13-21-36-30)31-20-14-22-37-31)23-27(25-15-9-7-10-16-25)32(28)26-17-11-8-12-18-26;1-2-4-5-3-1;/h7-12,15-18,23,30-31,36-37H,13-14,19-22,24,38H2,1-6H3;1-5H;/q2*-1;+2. The maximum absolute atomic E-state index is 3.97. The Balaban J connectivity index is 0.000000700. The van der Waals surface area contributed by atoms with Crippen LogP contribution in [0.25, 0.3) is 22.3 Å². The van der Waals surface area contributed by atoms with Crippen LogP contribution in [0.1, 0.15) is 78.4 Å². The Morgan fingerprint density at radius 1 is 0.778 bits per heavy atom. The molecule has 0 aliphatic carbocycles. The molecule has 3 atom stereocenters. The van der Waals surface area contributed by atoms with Gasteiger partial charge in [-0.2, -0.15) is 18.2 Å². The van der Waals surface area contributed by atoms with Crippen LogP contribution in [-0.4, -0.2) is 35.5 Å². The third-order valence-corrected chi connectivity index (χ3v) is 14.6. The molecular weight excluding hydrogens is 626 g/mol. The largest absolute Gasteiger partial charge is 2.00 e. The van der Waals surface area contributed by atoms with Crippen molar-refractivity contribution in [3.63, 3.8) is 0 Å². The topological polar surface area (TPSA) is 24.1 Å². The van der Waals surface area contributed by atoms with E-state index in [2.05, 4.69) is 128 Å². The van der Waals surface area contributed by atoms with Crippen molar-refractivity contribution in [2.45, 2.75) is 101 Å². The Labute approximate surface area is 288 Å². The van der Waals surface area contributed by atoms with Crippen LogP contribution in [0, 0.1) is 0 Å². The zero-order valence-electron chi connectivity index (χ0n) is 28.2. The molecule has 0 aromatic heterocycles. The van der Waals surface area contributed by atoms with E-state index < -0.39 is 0 Å². The summed E-state index contributed by atoms with van der Waals surface area (Å²) in [6.45, 7) is 17.1. The van der Waals surface area contributed by atoms with Crippen molar-refractivity contribution in [3.8, 4) is 22.3 Å². The summed E-state index contributed by atoms with van der Waals surface area (Å²) in [7, 11) is 3.15. The van der Waals surface area contributed by atoms with Gasteiger partial charge in [0.2, 0.25) is 0 Å². The Morgan fingerprint density at radius 2 is 1.29 bits per heavy atom. The minimum Gasteiger partial charge on any atom is -0.313 e. The second-order valence-corrected chi connectivity index (χ2v) is 19.5. The van der Waals surface area contributed by atoms with E-state index in [0.717, 1.165) is 19.3 Å². The van der Waals surface area contributed by atoms with Gasteiger partial charge in [0.1, 0.15) is 0 Å². The summed E-state index contributed by atoms with van der Waals surface area (Å²) in [5, 5.41) is 8.39. The van der Waals surface area contributed by atoms with Crippen molar-refractivity contribution < 1.29 is 17.1 Å². The summed E-state index contributed by atoms with van der Waals surface area (Å²) in [5.41, 5.74) is 8.68. The molecule has 0 spiro atoms. The molecule has 0 saturated carbocycles. The van der Waals surface area contributed by atoms with Gasteiger partial charge in [0.05, 0.1) is 0 Å². The molecule has 2 aliphatic heterocycles. The Hall–Kier alpha value is -1.56. The minimum atomic E-state index is -0.319. The van der Waals surface area contributed by atoms with Crippen LogP contribution in [0.4, 0.5) is 0 Å². The van der Waals surface area contributed by atoms with Crippen molar-refractivity contribution in [2.24, 2.45) is 0 Å². The van der Waals surface area contributed by atoms with E-state index in [-0.39, 0.29) is 40.5 Å². The predicted molar refractivity (Wildman–Crippen MR) is 199 cm³/mol. The molecule has 0 amide bonds. The number of benzene rings is 2. The van der Waals surface area contributed by atoms with Crippen molar-refractivity contribution in [3.05, 3.63) is 108 Å². The van der Waals surface area contributed by atoms with Gasteiger partial charge in [0.15, 0.2) is 0 Å². The first kappa shape index (κ1) is 36.3. The fourth-order valence-electron chi connectivity index (χ4n) is 7.69. The van der Waals surface area contributed by atoms with E-state index in [0.29, 0.717) is 12.1 Å². The summed E-state index contributed by atoms with van der Waals surface area (Å²) in [6.07, 6.45) is 6.14. The van der Waals surface area contributed by atoms with Gasteiger partial charge in [-0.15, -0.1) is 38.6 Å². The number of hydrogen-bond donors (Lipinski definition) is 2. The van der Waals surface area contributed by atoms with Crippen LogP contribution in [-0.2, 0) is 28.4 Å². The first-order valence-electron chi connectivity index (χ1n) is 16.6. The monoisotopic (exact) mass is 680 g/mol. The molecule has 2 fully saturated rings. The SMILES string of the molecule is CC(C)(C)P(Cc1c(C(P)(C2CCCN2)C2CCCN2)cc(-c2ccccc2)[c-]1-c1ccccc1)C(C)(C)C.[Fe+2].c1cc[cH-]c1. The quantitative estimate of drug-likeness (QED) is 0.115. The maximum Gasteiger partial charge on any atom is 2.00 e. The van der Waals surface area contributed by atoms with Crippen molar-refractivity contribution in [1.82, 2.24) is 10.6 Å². The second-order valence-electron chi connectivity index (χ2n) is 14.7. The van der Waals surface area contributed by atoms with Gasteiger partial charge in [-0.1, -0.05) is 120 Å². The minimum absolute atomic E-state index is 0. The average Bonchev–Trinajstić information content (AvgIpc) is 3.83. The van der Waals surface area contributed by atoms with Gasteiger partial charge in [-0.05, 0) is 55.2 Å². The second kappa shape index (κ2) is 15.6. The number of rotatable bonds is 7. The van der Waals surface area contributed by atoms with Crippen LogP contribution in [0.5, 0.6) is 0 Å². The Morgan fingerprint density at radius 3 is 1.71 bits per heavy atom. The molecule has 3 unspecified atom stereocenters. The molecule has 242 valence electrons. The Kier molecular flexibility index (Phi) is 12.5. The van der Waals surface area contributed by atoms with Crippen LogP contribution in [0.2, 0.25) is 0 Å². The summed E-state index contributed by atoms with van der Waals surface area (Å²) in [6, 6.07) is 35.9. The number of nitrogens with one attached hydrogen (secondary N) is 2. The van der Waals surface area contributed by atoms with E-state index in [4.69, 9.17) is 0 Å². The van der Waals surface area contributed by atoms with Crippen molar-refractivity contribution in [2.75, 3.05) is 13.1 Å². The Bertz CT molecular complexity index is 1370. The normalized spacial score (nSPS) is 19.9. The summed E-state index contributed by atoms with van der Waals surface area (Å²) >= 11 is 0. The van der Waals surface area contributed by atoms with Gasteiger partial charge < -0.3 is 10.6 Å². The van der Waals surface area contributed by atoms with Crippen LogP contribution >= 0.6 is 17.2 Å². The van der Waals surface area contributed by atoms with Gasteiger partial charge in [0, 0.05) is 17.2 Å². The molecule has 2 heterocycles. The fraction of sp³-hybridized carbons (Fsp3) is 0.450. The third kappa shape index (κ3) is 8.30.